The van der Waals surface area contributed by atoms with E-state index in [1.165, 1.54) is 18.2 Å². The van der Waals surface area contributed by atoms with Crippen LogP contribution in [-0.4, -0.2) is 36.5 Å². The minimum absolute atomic E-state index is 0.0475. The number of nitrogens with one attached hydrogen (secondary N) is 1. The van der Waals surface area contributed by atoms with Gasteiger partial charge >= 0.3 is 0 Å². The van der Waals surface area contributed by atoms with Gasteiger partial charge in [0.2, 0.25) is 0 Å². The van der Waals surface area contributed by atoms with Crippen LogP contribution >= 0.6 is 11.6 Å². The van der Waals surface area contributed by atoms with E-state index in [0.29, 0.717) is 11.6 Å². The standard InChI is InChI=1S/C12H14ClFN2O/c1-2-16(9-6-15-7-9)12(17)10-5-8(13)3-4-11(10)14/h3-5,9,15H,2,6-7H2,1H3. The van der Waals surface area contributed by atoms with Crippen molar-refractivity contribution in [3.63, 3.8) is 0 Å². The Hall–Kier alpha value is -1.13. The van der Waals surface area contributed by atoms with E-state index >= 15 is 0 Å². The molecule has 1 aliphatic heterocycles. The van der Waals surface area contributed by atoms with Crippen LogP contribution in [0.25, 0.3) is 0 Å². The Labute approximate surface area is 105 Å². The summed E-state index contributed by atoms with van der Waals surface area (Å²) in [5.74, 6) is -0.816. The van der Waals surface area contributed by atoms with Crippen molar-refractivity contribution in [2.75, 3.05) is 19.6 Å². The van der Waals surface area contributed by atoms with Crippen molar-refractivity contribution in [1.82, 2.24) is 10.2 Å². The van der Waals surface area contributed by atoms with Crippen molar-refractivity contribution >= 4 is 17.5 Å². The van der Waals surface area contributed by atoms with Crippen molar-refractivity contribution in [1.29, 1.82) is 0 Å². The van der Waals surface area contributed by atoms with Gasteiger partial charge in [0.1, 0.15) is 5.82 Å². The number of nitrogens with zero attached hydrogens (tertiary/aromatic N) is 1. The molecule has 1 aromatic rings. The van der Waals surface area contributed by atoms with Gasteiger partial charge in [-0.05, 0) is 25.1 Å². The van der Waals surface area contributed by atoms with Crippen LogP contribution in [0.3, 0.4) is 0 Å². The van der Waals surface area contributed by atoms with Crippen LogP contribution in [0.15, 0.2) is 18.2 Å². The molecule has 5 heteroatoms. The number of carbonyl (C=O) groups excluding carboxylic acids is 1. The largest absolute Gasteiger partial charge is 0.333 e. The lowest BCUT2D eigenvalue weighted by Crippen LogP contribution is -2.58. The maximum absolute atomic E-state index is 13.6. The summed E-state index contributed by atoms with van der Waals surface area (Å²) in [6.07, 6.45) is 0. The zero-order chi connectivity index (χ0) is 12.4. The summed E-state index contributed by atoms with van der Waals surface area (Å²) in [6, 6.07) is 4.21. The predicted octanol–water partition coefficient (Wildman–Crippen LogP) is 1.91. The molecule has 17 heavy (non-hydrogen) atoms. The highest BCUT2D eigenvalue weighted by Gasteiger charge is 2.29. The monoisotopic (exact) mass is 256 g/mol. The minimum Gasteiger partial charge on any atom is -0.333 e. The molecular formula is C12H14ClFN2O. The van der Waals surface area contributed by atoms with Crippen molar-refractivity contribution < 1.29 is 9.18 Å². The molecule has 0 aromatic heterocycles. The molecular weight excluding hydrogens is 243 g/mol. The fourth-order valence-corrected chi connectivity index (χ4v) is 2.05. The molecule has 1 amide bonds. The van der Waals surface area contributed by atoms with Crippen LogP contribution in [0.4, 0.5) is 4.39 Å². The molecule has 0 radical (unpaired) electrons. The third-order valence-corrected chi connectivity index (χ3v) is 3.20. The molecule has 92 valence electrons. The van der Waals surface area contributed by atoms with Crippen LogP contribution < -0.4 is 5.32 Å². The van der Waals surface area contributed by atoms with E-state index in [2.05, 4.69) is 5.32 Å². The summed E-state index contributed by atoms with van der Waals surface area (Å²) in [6.45, 7) is 3.99. The van der Waals surface area contributed by atoms with Gasteiger partial charge in [0.25, 0.3) is 5.91 Å². The Kier molecular flexibility index (Phi) is 3.64. The molecule has 0 bridgehead atoms. The lowest BCUT2D eigenvalue weighted by atomic mass is 10.1. The smallest absolute Gasteiger partial charge is 0.257 e. The molecule has 0 spiro atoms. The van der Waals surface area contributed by atoms with Crippen molar-refractivity contribution in [3.8, 4) is 0 Å². The first-order chi connectivity index (χ1) is 8.13. The molecule has 1 heterocycles. The number of hydrogen-bond donors (Lipinski definition) is 1. The normalized spacial score (nSPS) is 15.5. The Morgan fingerprint density at radius 3 is 2.82 bits per heavy atom. The second-order valence-electron chi connectivity index (χ2n) is 4.03. The zero-order valence-electron chi connectivity index (χ0n) is 9.54. The van der Waals surface area contributed by atoms with Crippen molar-refractivity contribution in [2.24, 2.45) is 0 Å². The van der Waals surface area contributed by atoms with Crippen LogP contribution in [0.2, 0.25) is 5.02 Å². The number of halogens is 2. The summed E-state index contributed by atoms with van der Waals surface area (Å²) < 4.78 is 13.6. The maximum Gasteiger partial charge on any atom is 0.257 e. The Balaban J connectivity index is 2.25. The topological polar surface area (TPSA) is 32.3 Å². The number of carbonyl (C=O) groups is 1. The molecule has 2 rings (SSSR count). The molecule has 1 saturated heterocycles. The SMILES string of the molecule is CCN(C(=O)c1cc(Cl)ccc1F)C1CNC1. The fourth-order valence-electron chi connectivity index (χ4n) is 1.88. The molecule has 1 N–H and O–H groups in total. The first kappa shape index (κ1) is 12.3. The van der Waals surface area contributed by atoms with Crippen LogP contribution in [0.1, 0.15) is 17.3 Å². The zero-order valence-corrected chi connectivity index (χ0v) is 10.3. The van der Waals surface area contributed by atoms with E-state index in [1.54, 1.807) is 4.90 Å². The first-order valence-electron chi connectivity index (χ1n) is 5.60. The van der Waals surface area contributed by atoms with Gasteiger partial charge in [0, 0.05) is 24.7 Å². The van der Waals surface area contributed by atoms with Gasteiger partial charge in [-0.2, -0.15) is 0 Å². The van der Waals surface area contributed by atoms with Crippen molar-refractivity contribution in [3.05, 3.63) is 34.6 Å². The maximum atomic E-state index is 13.6. The summed E-state index contributed by atoms with van der Waals surface area (Å²) in [4.78, 5) is 13.9. The van der Waals surface area contributed by atoms with Crippen LogP contribution in [-0.2, 0) is 0 Å². The average molecular weight is 257 g/mol. The number of benzene rings is 1. The molecule has 1 fully saturated rings. The van der Waals surface area contributed by atoms with Gasteiger partial charge in [0.05, 0.1) is 11.6 Å². The molecule has 3 nitrogen and oxygen atoms in total. The molecule has 0 saturated carbocycles. The highest BCUT2D eigenvalue weighted by Crippen LogP contribution is 2.18. The third-order valence-electron chi connectivity index (χ3n) is 2.96. The van der Waals surface area contributed by atoms with Gasteiger partial charge < -0.3 is 10.2 Å². The predicted molar refractivity (Wildman–Crippen MR) is 64.8 cm³/mol. The van der Waals surface area contributed by atoms with Gasteiger partial charge in [-0.25, -0.2) is 4.39 Å². The summed E-state index contributed by atoms with van der Waals surface area (Å²) in [5.41, 5.74) is 0.0475. The van der Waals surface area contributed by atoms with E-state index in [9.17, 15) is 9.18 Å². The number of likely N-dealkylation sites (N-methyl/N-ethyl adjacent to an activating group) is 1. The van der Waals surface area contributed by atoms with Crippen LogP contribution in [0.5, 0.6) is 0 Å². The second-order valence-corrected chi connectivity index (χ2v) is 4.46. The van der Waals surface area contributed by atoms with Crippen LogP contribution in [0, 0.1) is 5.82 Å². The molecule has 1 aliphatic rings. The van der Waals surface area contributed by atoms with Gasteiger partial charge in [-0.1, -0.05) is 11.6 Å². The second kappa shape index (κ2) is 5.02. The summed E-state index contributed by atoms with van der Waals surface area (Å²) >= 11 is 5.79. The Morgan fingerprint density at radius 2 is 2.29 bits per heavy atom. The fraction of sp³-hybridized carbons (Fsp3) is 0.417. The van der Waals surface area contributed by atoms with Gasteiger partial charge in [-0.3, -0.25) is 4.79 Å². The first-order valence-corrected chi connectivity index (χ1v) is 5.98. The van der Waals surface area contributed by atoms with E-state index in [1.807, 2.05) is 6.92 Å². The molecule has 0 aliphatic carbocycles. The number of amides is 1. The van der Waals surface area contributed by atoms with Gasteiger partial charge in [0.15, 0.2) is 0 Å². The van der Waals surface area contributed by atoms with E-state index in [-0.39, 0.29) is 17.5 Å². The minimum atomic E-state index is -0.523. The molecule has 0 atom stereocenters. The number of rotatable bonds is 3. The lowest BCUT2D eigenvalue weighted by Gasteiger charge is -2.37. The Morgan fingerprint density at radius 1 is 1.59 bits per heavy atom. The highest BCUT2D eigenvalue weighted by atomic mass is 35.5. The van der Waals surface area contributed by atoms with E-state index in [4.69, 9.17) is 11.6 Å². The highest BCUT2D eigenvalue weighted by molar-refractivity contribution is 6.31. The van der Waals surface area contributed by atoms with Gasteiger partial charge in [-0.15, -0.1) is 0 Å². The molecule has 1 aromatic carbocycles. The third kappa shape index (κ3) is 2.42. The van der Waals surface area contributed by atoms with E-state index < -0.39 is 5.82 Å². The molecule has 0 unspecified atom stereocenters. The number of hydrogen-bond acceptors (Lipinski definition) is 2. The summed E-state index contributed by atoms with van der Waals surface area (Å²) in [7, 11) is 0. The van der Waals surface area contributed by atoms with E-state index in [0.717, 1.165) is 13.1 Å². The summed E-state index contributed by atoms with van der Waals surface area (Å²) in [5, 5.41) is 3.47. The Bertz CT molecular complexity index is 435. The lowest BCUT2D eigenvalue weighted by molar-refractivity contribution is 0.0625. The average Bonchev–Trinajstić information content (AvgIpc) is 2.25. The quantitative estimate of drug-likeness (QED) is 0.896. The van der Waals surface area contributed by atoms with Crippen molar-refractivity contribution in [2.45, 2.75) is 13.0 Å².